The maximum Gasteiger partial charge on any atom is 0.113 e. The highest BCUT2D eigenvalue weighted by Gasteiger charge is 2.39. The Bertz CT molecular complexity index is 138. The van der Waals surface area contributed by atoms with Crippen LogP contribution < -0.4 is 0 Å². The van der Waals surface area contributed by atoms with Gasteiger partial charge in [0.2, 0.25) is 0 Å². The number of aliphatic hydroxyl groups excluding tert-OH is 1. The molecular formula is C8H16O3. The van der Waals surface area contributed by atoms with E-state index in [4.69, 9.17) is 5.11 Å². The van der Waals surface area contributed by atoms with E-state index in [0.717, 1.165) is 0 Å². The van der Waals surface area contributed by atoms with Crippen molar-refractivity contribution in [3.05, 3.63) is 12.7 Å². The van der Waals surface area contributed by atoms with E-state index < -0.39 is 17.8 Å². The highest BCUT2D eigenvalue weighted by atomic mass is 16.4. The highest BCUT2D eigenvalue weighted by molar-refractivity contribution is 4.96. The molecule has 11 heavy (non-hydrogen) atoms. The molecule has 3 heteroatoms. The average Bonchev–Trinajstić information content (AvgIpc) is 1.87. The first-order valence-corrected chi connectivity index (χ1v) is 3.54. The summed E-state index contributed by atoms with van der Waals surface area (Å²) in [5.74, 6) is 0. The second kappa shape index (κ2) is 3.34. The Morgan fingerprint density at radius 1 is 1.27 bits per heavy atom. The summed E-state index contributed by atoms with van der Waals surface area (Å²) in [6, 6.07) is 0. The van der Waals surface area contributed by atoms with E-state index in [1.807, 2.05) is 0 Å². The van der Waals surface area contributed by atoms with Gasteiger partial charge < -0.3 is 15.3 Å². The monoisotopic (exact) mass is 160 g/mol. The molecule has 0 aromatic heterocycles. The number of hydrogen-bond acceptors (Lipinski definition) is 3. The zero-order chi connectivity index (χ0) is 9.12. The summed E-state index contributed by atoms with van der Waals surface area (Å²) >= 11 is 0. The van der Waals surface area contributed by atoms with Crippen LogP contribution in [0.1, 0.15) is 20.3 Å². The van der Waals surface area contributed by atoms with Gasteiger partial charge in [-0.25, -0.2) is 0 Å². The van der Waals surface area contributed by atoms with E-state index in [9.17, 15) is 10.2 Å². The summed E-state index contributed by atoms with van der Waals surface area (Å²) in [7, 11) is 0. The molecule has 0 saturated heterocycles. The van der Waals surface area contributed by atoms with Crippen LogP contribution in [0, 0.1) is 0 Å². The predicted molar refractivity (Wildman–Crippen MR) is 43.1 cm³/mol. The minimum Gasteiger partial charge on any atom is -0.393 e. The Hall–Kier alpha value is -0.380. The van der Waals surface area contributed by atoms with Gasteiger partial charge in [0.1, 0.15) is 5.60 Å². The minimum atomic E-state index is -1.47. The van der Waals surface area contributed by atoms with E-state index in [1.54, 1.807) is 0 Å². The van der Waals surface area contributed by atoms with Crippen molar-refractivity contribution in [2.24, 2.45) is 0 Å². The lowest BCUT2D eigenvalue weighted by molar-refractivity contribution is -0.150. The molecule has 0 aliphatic rings. The van der Waals surface area contributed by atoms with Crippen molar-refractivity contribution < 1.29 is 15.3 Å². The molecule has 0 spiro atoms. The second-order valence-corrected chi connectivity index (χ2v) is 3.20. The molecule has 0 radical (unpaired) electrons. The van der Waals surface area contributed by atoms with Gasteiger partial charge in [-0.15, -0.1) is 6.58 Å². The van der Waals surface area contributed by atoms with Crippen molar-refractivity contribution in [1.29, 1.82) is 0 Å². The van der Waals surface area contributed by atoms with Crippen LogP contribution in [0.25, 0.3) is 0 Å². The summed E-state index contributed by atoms with van der Waals surface area (Å²) in [5, 5.41) is 27.7. The molecule has 0 fully saturated rings. The van der Waals surface area contributed by atoms with Gasteiger partial charge in [-0.05, 0) is 20.3 Å². The van der Waals surface area contributed by atoms with Crippen LogP contribution in [0.15, 0.2) is 12.7 Å². The van der Waals surface area contributed by atoms with E-state index in [-0.39, 0.29) is 6.42 Å². The van der Waals surface area contributed by atoms with Crippen LogP contribution in [0.2, 0.25) is 0 Å². The number of rotatable bonds is 4. The maximum absolute atomic E-state index is 9.56. The maximum atomic E-state index is 9.56. The molecule has 0 aliphatic heterocycles. The molecular weight excluding hydrogens is 144 g/mol. The van der Waals surface area contributed by atoms with Gasteiger partial charge in [-0.2, -0.15) is 0 Å². The summed E-state index contributed by atoms with van der Waals surface area (Å²) < 4.78 is 0. The molecule has 0 rings (SSSR count). The molecule has 0 heterocycles. The fraction of sp³-hybridized carbons (Fsp3) is 0.750. The molecule has 2 unspecified atom stereocenters. The third kappa shape index (κ3) is 2.29. The van der Waals surface area contributed by atoms with Gasteiger partial charge in [0, 0.05) is 0 Å². The Balaban J connectivity index is 4.38. The first-order valence-electron chi connectivity index (χ1n) is 3.54. The molecule has 0 amide bonds. The van der Waals surface area contributed by atoms with Gasteiger partial charge in [-0.1, -0.05) is 6.08 Å². The largest absolute Gasteiger partial charge is 0.393 e. The van der Waals surface area contributed by atoms with Crippen molar-refractivity contribution in [2.45, 2.75) is 31.5 Å². The van der Waals surface area contributed by atoms with E-state index in [0.29, 0.717) is 0 Å². The van der Waals surface area contributed by atoms with Crippen LogP contribution in [0.4, 0.5) is 0 Å². The molecule has 2 atom stereocenters. The first-order chi connectivity index (χ1) is 4.87. The predicted octanol–water partition coefficient (Wildman–Crippen LogP) is 0.0568. The molecule has 0 aromatic carbocycles. The standard InChI is InChI=1S/C8H16O3/c1-4-5-7(2,10)8(3,11)6-9/h4,9-11H,1,5-6H2,2-3H3. The minimum absolute atomic E-state index is 0.251. The van der Waals surface area contributed by atoms with E-state index in [1.165, 1.54) is 19.9 Å². The topological polar surface area (TPSA) is 60.7 Å². The molecule has 3 nitrogen and oxygen atoms in total. The molecule has 3 N–H and O–H groups in total. The van der Waals surface area contributed by atoms with Gasteiger partial charge in [-0.3, -0.25) is 0 Å². The molecule has 0 aromatic rings. The third-order valence-corrected chi connectivity index (χ3v) is 2.01. The fourth-order valence-corrected chi connectivity index (χ4v) is 0.671. The van der Waals surface area contributed by atoms with Crippen LogP contribution in [0.5, 0.6) is 0 Å². The van der Waals surface area contributed by atoms with Crippen LogP contribution in [0.3, 0.4) is 0 Å². The molecule has 66 valence electrons. The van der Waals surface area contributed by atoms with Crippen molar-refractivity contribution in [2.75, 3.05) is 6.61 Å². The molecule has 0 aliphatic carbocycles. The first kappa shape index (κ1) is 10.6. The summed E-state index contributed by atoms with van der Waals surface area (Å²) in [4.78, 5) is 0. The quantitative estimate of drug-likeness (QED) is 0.509. The van der Waals surface area contributed by atoms with Crippen molar-refractivity contribution in [1.82, 2.24) is 0 Å². The third-order valence-electron chi connectivity index (χ3n) is 2.01. The van der Waals surface area contributed by atoms with Gasteiger partial charge in [0.25, 0.3) is 0 Å². The van der Waals surface area contributed by atoms with Gasteiger partial charge >= 0.3 is 0 Å². The van der Waals surface area contributed by atoms with Crippen LogP contribution in [-0.2, 0) is 0 Å². The van der Waals surface area contributed by atoms with Crippen LogP contribution in [-0.4, -0.2) is 33.1 Å². The summed E-state index contributed by atoms with van der Waals surface area (Å²) in [6.07, 6.45) is 1.75. The Labute approximate surface area is 67.0 Å². The highest BCUT2D eigenvalue weighted by Crippen LogP contribution is 2.24. The van der Waals surface area contributed by atoms with Crippen molar-refractivity contribution in [3.63, 3.8) is 0 Å². The lowest BCUT2D eigenvalue weighted by Gasteiger charge is -2.36. The zero-order valence-electron chi connectivity index (χ0n) is 7.04. The molecule has 0 saturated carbocycles. The zero-order valence-corrected chi connectivity index (χ0v) is 7.04. The number of hydrogen-bond donors (Lipinski definition) is 3. The smallest absolute Gasteiger partial charge is 0.113 e. The second-order valence-electron chi connectivity index (χ2n) is 3.20. The SMILES string of the molecule is C=CCC(C)(O)C(C)(O)CO. The van der Waals surface area contributed by atoms with Crippen molar-refractivity contribution >= 4 is 0 Å². The van der Waals surface area contributed by atoms with Crippen molar-refractivity contribution in [3.8, 4) is 0 Å². The Morgan fingerprint density at radius 3 is 2.00 bits per heavy atom. The Morgan fingerprint density at radius 2 is 1.73 bits per heavy atom. The van der Waals surface area contributed by atoms with Crippen LogP contribution >= 0.6 is 0 Å². The Kier molecular flexibility index (Phi) is 3.23. The normalized spacial score (nSPS) is 21.9. The molecule has 0 bridgehead atoms. The fourth-order valence-electron chi connectivity index (χ4n) is 0.671. The van der Waals surface area contributed by atoms with E-state index >= 15 is 0 Å². The lowest BCUT2D eigenvalue weighted by atomic mass is 9.84. The number of aliphatic hydroxyl groups is 3. The lowest BCUT2D eigenvalue weighted by Crippen LogP contribution is -2.52. The van der Waals surface area contributed by atoms with E-state index in [2.05, 4.69) is 6.58 Å². The van der Waals surface area contributed by atoms with Gasteiger partial charge in [0.05, 0.1) is 12.2 Å². The average molecular weight is 160 g/mol. The van der Waals surface area contributed by atoms with Gasteiger partial charge in [0.15, 0.2) is 0 Å². The summed E-state index contributed by atoms with van der Waals surface area (Å²) in [5.41, 5.74) is -2.79. The summed E-state index contributed by atoms with van der Waals surface area (Å²) in [6.45, 7) is 5.83.